The summed E-state index contributed by atoms with van der Waals surface area (Å²) in [6, 6.07) is 4.25. The summed E-state index contributed by atoms with van der Waals surface area (Å²) in [5.41, 5.74) is 3.38. The van der Waals surface area contributed by atoms with Gasteiger partial charge >= 0.3 is 0 Å². The molecule has 1 aliphatic heterocycles. The maximum absolute atomic E-state index is 10.5. The number of aryl methyl sites for hydroxylation is 1. The van der Waals surface area contributed by atoms with Crippen LogP contribution in [0.15, 0.2) is 12.1 Å². The maximum atomic E-state index is 10.5. The number of phenolic OH excluding ortho intramolecular Hbond substituents is 1. The molecule has 1 aromatic rings. The van der Waals surface area contributed by atoms with E-state index in [-0.39, 0.29) is 5.41 Å². The second-order valence-electron chi connectivity index (χ2n) is 6.91. The highest BCUT2D eigenvalue weighted by atomic mass is 16.3. The number of hydrogen-bond donors (Lipinski definition) is 2. The van der Waals surface area contributed by atoms with Crippen molar-refractivity contribution in [3.05, 3.63) is 28.8 Å². The molecule has 0 saturated carbocycles. The molecule has 1 fully saturated rings. The largest absolute Gasteiger partial charge is 0.507 e. The van der Waals surface area contributed by atoms with Gasteiger partial charge in [0.2, 0.25) is 0 Å². The summed E-state index contributed by atoms with van der Waals surface area (Å²) in [5, 5.41) is 13.9. The average Bonchev–Trinajstić information content (AvgIpc) is 2.39. The van der Waals surface area contributed by atoms with Gasteiger partial charge in [0, 0.05) is 32.7 Å². The Kier molecular flexibility index (Phi) is 4.71. The zero-order valence-corrected chi connectivity index (χ0v) is 13.3. The van der Waals surface area contributed by atoms with E-state index in [0.29, 0.717) is 5.75 Å². The van der Waals surface area contributed by atoms with Gasteiger partial charge in [-0.25, -0.2) is 0 Å². The second kappa shape index (κ2) is 6.15. The Morgan fingerprint density at radius 2 is 1.85 bits per heavy atom. The highest BCUT2D eigenvalue weighted by Crippen LogP contribution is 2.34. The molecule has 112 valence electrons. The minimum Gasteiger partial charge on any atom is -0.507 e. The van der Waals surface area contributed by atoms with Gasteiger partial charge in [-0.2, -0.15) is 0 Å². The number of aromatic hydroxyl groups is 1. The molecular weight excluding hydrogens is 248 g/mol. The highest BCUT2D eigenvalue weighted by Gasteiger charge is 2.21. The Balaban J connectivity index is 2.12. The van der Waals surface area contributed by atoms with Crippen molar-refractivity contribution in [1.29, 1.82) is 0 Å². The quantitative estimate of drug-likeness (QED) is 0.890. The van der Waals surface area contributed by atoms with Gasteiger partial charge in [-0.1, -0.05) is 38.5 Å². The average molecular weight is 276 g/mol. The normalized spacial score (nSPS) is 17.4. The van der Waals surface area contributed by atoms with E-state index in [1.54, 1.807) is 0 Å². The van der Waals surface area contributed by atoms with E-state index in [4.69, 9.17) is 0 Å². The first-order valence-corrected chi connectivity index (χ1v) is 7.64. The number of benzene rings is 1. The summed E-state index contributed by atoms with van der Waals surface area (Å²) in [5.74, 6) is 0.498. The van der Waals surface area contributed by atoms with Gasteiger partial charge in [0.1, 0.15) is 5.75 Å². The second-order valence-corrected chi connectivity index (χ2v) is 6.91. The molecule has 20 heavy (non-hydrogen) atoms. The van der Waals surface area contributed by atoms with Gasteiger partial charge in [0.25, 0.3) is 0 Å². The number of phenols is 1. The summed E-state index contributed by atoms with van der Waals surface area (Å²) in [6.45, 7) is 14.0. The van der Waals surface area contributed by atoms with Gasteiger partial charge in [-0.15, -0.1) is 0 Å². The molecule has 0 spiro atoms. The van der Waals surface area contributed by atoms with Gasteiger partial charge in [-0.3, -0.25) is 0 Å². The first-order chi connectivity index (χ1) is 9.38. The van der Waals surface area contributed by atoms with Crippen molar-refractivity contribution in [1.82, 2.24) is 10.2 Å². The predicted octanol–water partition coefficient (Wildman–Crippen LogP) is 2.45. The fourth-order valence-electron chi connectivity index (χ4n) is 2.83. The monoisotopic (exact) mass is 276 g/mol. The predicted molar refractivity (Wildman–Crippen MR) is 84.6 cm³/mol. The van der Waals surface area contributed by atoms with Crippen LogP contribution in [0.4, 0.5) is 0 Å². The number of nitrogens with zero attached hydrogens (tertiary/aromatic N) is 1. The van der Waals surface area contributed by atoms with Crippen LogP contribution in [-0.4, -0.2) is 42.7 Å². The summed E-state index contributed by atoms with van der Waals surface area (Å²) < 4.78 is 0. The summed E-state index contributed by atoms with van der Waals surface area (Å²) in [6.07, 6.45) is 0.927. The minimum absolute atomic E-state index is 0.0140. The van der Waals surface area contributed by atoms with Crippen molar-refractivity contribution in [3.63, 3.8) is 0 Å². The van der Waals surface area contributed by atoms with Crippen LogP contribution in [-0.2, 0) is 11.8 Å². The highest BCUT2D eigenvalue weighted by molar-refractivity contribution is 5.46. The lowest BCUT2D eigenvalue weighted by molar-refractivity contribution is 0.243. The molecule has 0 unspecified atom stereocenters. The van der Waals surface area contributed by atoms with Crippen LogP contribution < -0.4 is 5.32 Å². The molecule has 1 aromatic carbocycles. The molecule has 2 rings (SSSR count). The number of rotatable bonds is 3. The van der Waals surface area contributed by atoms with E-state index < -0.39 is 0 Å². The van der Waals surface area contributed by atoms with Gasteiger partial charge < -0.3 is 15.3 Å². The van der Waals surface area contributed by atoms with Crippen LogP contribution in [0.3, 0.4) is 0 Å². The third-order valence-electron chi connectivity index (χ3n) is 4.05. The lowest BCUT2D eigenvalue weighted by atomic mass is 9.84. The van der Waals surface area contributed by atoms with Crippen LogP contribution in [0.5, 0.6) is 5.75 Å². The Hall–Kier alpha value is -1.06. The molecule has 0 atom stereocenters. The molecule has 1 saturated heterocycles. The number of nitrogens with one attached hydrogen (secondary N) is 1. The van der Waals surface area contributed by atoms with Crippen molar-refractivity contribution in [2.75, 3.05) is 32.7 Å². The zero-order chi connectivity index (χ0) is 14.8. The molecule has 2 N–H and O–H groups in total. The van der Waals surface area contributed by atoms with Crippen molar-refractivity contribution >= 4 is 0 Å². The van der Waals surface area contributed by atoms with Crippen LogP contribution in [0.2, 0.25) is 0 Å². The number of hydrogen-bond acceptors (Lipinski definition) is 3. The van der Waals surface area contributed by atoms with Crippen molar-refractivity contribution in [2.24, 2.45) is 0 Å². The summed E-state index contributed by atoms with van der Waals surface area (Å²) in [7, 11) is 0. The number of piperazine rings is 1. The standard InChI is InChI=1S/C17H28N2O/c1-13-11-14(5-8-19-9-6-18-7-10-19)16(20)15(12-13)17(2,3)4/h11-12,18,20H,5-10H2,1-4H3. The lowest BCUT2D eigenvalue weighted by Gasteiger charge is -2.28. The minimum atomic E-state index is -0.0140. The molecule has 0 bridgehead atoms. The van der Waals surface area contributed by atoms with E-state index in [0.717, 1.165) is 50.3 Å². The Morgan fingerprint density at radius 1 is 1.20 bits per heavy atom. The van der Waals surface area contributed by atoms with Crippen molar-refractivity contribution in [3.8, 4) is 5.75 Å². The molecule has 0 amide bonds. The Bertz CT molecular complexity index is 457. The third kappa shape index (κ3) is 3.74. The Morgan fingerprint density at radius 3 is 2.45 bits per heavy atom. The molecule has 3 nitrogen and oxygen atoms in total. The van der Waals surface area contributed by atoms with E-state index in [9.17, 15) is 5.11 Å². The molecule has 0 aliphatic carbocycles. The first kappa shape index (κ1) is 15.3. The maximum Gasteiger partial charge on any atom is 0.122 e. The fourth-order valence-corrected chi connectivity index (χ4v) is 2.83. The van der Waals surface area contributed by atoms with Crippen LogP contribution >= 0.6 is 0 Å². The fraction of sp³-hybridized carbons (Fsp3) is 0.647. The van der Waals surface area contributed by atoms with Crippen LogP contribution in [0.1, 0.15) is 37.5 Å². The smallest absolute Gasteiger partial charge is 0.122 e. The molecule has 1 heterocycles. The van der Waals surface area contributed by atoms with Gasteiger partial charge in [0.05, 0.1) is 0 Å². The zero-order valence-electron chi connectivity index (χ0n) is 13.3. The molecule has 0 aromatic heterocycles. The van der Waals surface area contributed by atoms with Crippen LogP contribution in [0, 0.1) is 6.92 Å². The van der Waals surface area contributed by atoms with E-state index >= 15 is 0 Å². The van der Waals surface area contributed by atoms with E-state index in [1.807, 2.05) is 0 Å². The summed E-state index contributed by atoms with van der Waals surface area (Å²) in [4.78, 5) is 2.47. The molecule has 0 radical (unpaired) electrons. The molecule has 1 aliphatic rings. The lowest BCUT2D eigenvalue weighted by Crippen LogP contribution is -2.44. The van der Waals surface area contributed by atoms with Crippen molar-refractivity contribution < 1.29 is 5.11 Å². The van der Waals surface area contributed by atoms with Gasteiger partial charge in [-0.05, 0) is 29.9 Å². The van der Waals surface area contributed by atoms with Gasteiger partial charge in [0.15, 0.2) is 0 Å². The van der Waals surface area contributed by atoms with Crippen LogP contribution in [0.25, 0.3) is 0 Å². The van der Waals surface area contributed by atoms with E-state index in [1.165, 1.54) is 5.56 Å². The third-order valence-corrected chi connectivity index (χ3v) is 4.05. The molecule has 3 heteroatoms. The van der Waals surface area contributed by atoms with E-state index in [2.05, 4.69) is 50.0 Å². The summed E-state index contributed by atoms with van der Waals surface area (Å²) >= 11 is 0. The molecular formula is C17H28N2O. The van der Waals surface area contributed by atoms with Crippen molar-refractivity contribution in [2.45, 2.75) is 39.5 Å². The first-order valence-electron chi connectivity index (χ1n) is 7.64. The SMILES string of the molecule is Cc1cc(CCN2CCNCC2)c(O)c(C(C)(C)C)c1. The topological polar surface area (TPSA) is 35.5 Å². The Labute approximate surface area is 123 Å².